The van der Waals surface area contributed by atoms with E-state index in [1.165, 1.54) is 0 Å². The number of benzene rings is 1. The quantitative estimate of drug-likeness (QED) is 0.294. The number of carboxylic acid groups (broad SMARTS) is 1. The topological polar surface area (TPSA) is 49.4 Å². The number of carbonyl (C=O) groups is 1. The van der Waals surface area contributed by atoms with Crippen LogP contribution in [-0.2, 0) is 4.79 Å². The van der Waals surface area contributed by atoms with Gasteiger partial charge in [-0.25, -0.2) is 0 Å². The number of hydrogen-bond acceptors (Lipinski definition) is 3. The molecule has 13 heavy (non-hydrogen) atoms. The van der Waals surface area contributed by atoms with Gasteiger partial charge in [-0.05, 0) is 12.1 Å². The first kappa shape index (κ1) is 12.2. The van der Waals surface area contributed by atoms with Crippen LogP contribution in [0.4, 0.5) is 0 Å². The van der Waals surface area contributed by atoms with Crippen LogP contribution in [0.2, 0.25) is 0 Å². The molecule has 0 heterocycles. The standard InChI is InChI=1S/C9H8O3.Na/c1-7(9(10)11)12-8-5-3-2-4-6-8;/h2-6H,1H2,(H,10,11);/q;+1/p-1. The summed E-state index contributed by atoms with van der Waals surface area (Å²) in [6.45, 7) is 3.17. The summed E-state index contributed by atoms with van der Waals surface area (Å²) in [6, 6.07) is 8.53. The Kier molecular flexibility index (Phi) is 5.46. The van der Waals surface area contributed by atoms with E-state index in [2.05, 4.69) is 6.58 Å². The molecule has 1 rings (SSSR count). The van der Waals surface area contributed by atoms with Crippen LogP contribution < -0.4 is 39.4 Å². The van der Waals surface area contributed by atoms with Gasteiger partial charge in [0.1, 0.15) is 17.5 Å². The third kappa shape index (κ3) is 4.12. The maximum atomic E-state index is 10.2. The third-order valence-electron chi connectivity index (χ3n) is 1.21. The molecule has 0 bridgehead atoms. The summed E-state index contributed by atoms with van der Waals surface area (Å²) >= 11 is 0. The summed E-state index contributed by atoms with van der Waals surface area (Å²) in [5.74, 6) is -1.35. The smallest absolute Gasteiger partial charge is 0.542 e. The summed E-state index contributed by atoms with van der Waals surface area (Å²) < 4.78 is 4.82. The minimum atomic E-state index is -1.40. The maximum absolute atomic E-state index is 10.2. The normalized spacial score (nSPS) is 8.31. The second-order valence-corrected chi connectivity index (χ2v) is 2.13. The molecular formula is C9H7NaO3. The van der Waals surface area contributed by atoms with Gasteiger partial charge in [0, 0.05) is 0 Å². The largest absolute Gasteiger partial charge is 1.00 e. The molecule has 0 spiro atoms. The Labute approximate surface area is 98.3 Å². The van der Waals surface area contributed by atoms with E-state index in [0.717, 1.165) is 0 Å². The van der Waals surface area contributed by atoms with Crippen LogP contribution >= 0.6 is 0 Å². The monoisotopic (exact) mass is 186 g/mol. The van der Waals surface area contributed by atoms with Crippen LogP contribution in [0.15, 0.2) is 42.7 Å². The number of carboxylic acids is 1. The molecular weight excluding hydrogens is 179 g/mol. The molecule has 0 aromatic heterocycles. The molecule has 0 saturated heterocycles. The van der Waals surface area contributed by atoms with Gasteiger partial charge < -0.3 is 14.6 Å². The van der Waals surface area contributed by atoms with Gasteiger partial charge in [-0.3, -0.25) is 0 Å². The van der Waals surface area contributed by atoms with Gasteiger partial charge in [-0.2, -0.15) is 0 Å². The average Bonchev–Trinajstić information content (AvgIpc) is 2.06. The van der Waals surface area contributed by atoms with Gasteiger partial charge in [0.2, 0.25) is 0 Å². The van der Waals surface area contributed by atoms with Crippen LogP contribution in [0, 0.1) is 0 Å². The van der Waals surface area contributed by atoms with Gasteiger partial charge >= 0.3 is 29.6 Å². The Morgan fingerprint density at radius 1 is 1.31 bits per heavy atom. The fourth-order valence-electron chi connectivity index (χ4n) is 0.672. The number of ether oxygens (including phenoxy) is 1. The summed E-state index contributed by atoms with van der Waals surface area (Å²) in [6.07, 6.45) is 0. The Bertz CT molecular complexity index is 295. The summed E-state index contributed by atoms with van der Waals surface area (Å²) in [4.78, 5) is 10.2. The fourth-order valence-corrected chi connectivity index (χ4v) is 0.672. The first-order valence-electron chi connectivity index (χ1n) is 3.33. The number of aliphatic carboxylic acids is 1. The van der Waals surface area contributed by atoms with E-state index in [0.29, 0.717) is 5.75 Å². The molecule has 62 valence electrons. The van der Waals surface area contributed by atoms with Gasteiger partial charge in [0.15, 0.2) is 0 Å². The molecule has 0 aliphatic heterocycles. The van der Waals surface area contributed by atoms with Gasteiger partial charge in [-0.1, -0.05) is 24.8 Å². The number of rotatable bonds is 3. The maximum Gasteiger partial charge on any atom is 1.00 e. The molecule has 0 aliphatic rings. The SMILES string of the molecule is C=C(Oc1ccccc1)C(=O)[O-].[Na+]. The van der Waals surface area contributed by atoms with Crippen LogP contribution in [0.3, 0.4) is 0 Å². The van der Waals surface area contributed by atoms with E-state index in [1.807, 2.05) is 0 Å². The van der Waals surface area contributed by atoms with Gasteiger partial charge in [0.25, 0.3) is 0 Å². The zero-order valence-electron chi connectivity index (χ0n) is 7.32. The molecule has 3 nitrogen and oxygen atoms in total. The summed E-state index contributed by atoms with van der Waals surface area (Å²) in [5, 5.41) is 10.2. The van der Waals surface area contributed by atoms with E-state index in [4.69, 9.17) is 4.74 Å². The van der Waals surface area contributed by atoms with Crippen molar-refractivity contribution in [1.82, 2.24) is 0 Å². The summed E-state index contributed by atoms with van der Waals surface area (Å²) in [7, 11) is 0. The van der Waals surface area contributed by atoms with E-state index >= 15 is 0 Å². The van der Waals surface area contributed by atoms with Crippen molar-refractivity contribution in [1.29, 1.82) is 0 Å². The van der Waals surface area contributed by atoms with Crippen molar-refractivity contribution >= 4 is 5.97 Å². The third-order valence-corrected chi connectivity index (χ3v) is 1.21. The molecule has 0 radical (unpaired) electrons. The number of hydrogen-bond donors (Lipinski definition) is 0. The molecule has 0 amide bonds. The van der Waals surface area contributed by atoms with Gasteiger partial charge in [-0.15, -0.1) is 0 Å². The minimum absolute atomic E-state index is 0. The zero-order chi connectivity index (χ0) is 8.97. The summed E-state index contributed by atoms with van der Waals surface area (Å²) in [5.41, 5.74) is 0. The van der Waals surface area contributed by atoms with Crippen molar-refractivity contribution in [3.05, 3.63) is 42.7 Å². The van der Waals surface area contributed by atoms with Gasteiger partial charge in [0.05, 0.1) is 0 Å². The number of carbonyl (C=O) groups excluding carboxylic acids is 1. The number of para-hydroxylation sites is 1. The van der Waals surface area contributed by atoms with Crippen LogP contribution in [0.1, 0.15) is 0 Å². The molecule has 1 aromatic rings. The molecule has 0 atom stereocenters. The van der Waals surface area contributed by atoms with E-state index in [9.17, 15) is 9.90 Å². The predicted molar refractivity (Wildman–Crippen MR) is 41.2 cm³/mol. The Morgan fingerprint density at radius 3 is 2.31 bits per heavy atom. The average molecular weight is 186 g/mol. The van der Waals surface area contributed by atoms with Crippen LogP contribution in [0.25, 0.3) is 0 Å². The van der Waals surface area contributed by atoms with Crippen LogP contribution in [0.5, 0.6) is 5.75 Å². The van der Waals surface area contributed by atoms with E-state index in [1.54, 1.807) is 30.3 Å². The second kappa shape index (κ2) is 5.80. The molecule has 0 saturated carbocycles. The molecule has 1 aromatic carbocycles. The van der Waals surface area contributed by atoms with Crippen molar-refractivity contribution in [2.45, 2.75) is 0 Å². The second-order valence-electron chi connectivity index (χ2n) is 2.13. The Balaban J connectivity index is 0.00000144. The molecule has 0 N–H and O–H groups in total. The first-order valence-corrected chi connectivity index (χ1v) is 3.33. The van der Waals surface area contributed by atoms with Crippen molar-refractivity contribution < 1.29 is 44.2 Å². The van der Waals surface area contributed by atoms with Crippen LogP contribution in [-0.4, -0.2) is 5.97 Å². The van der Waals surface area contributed by atoms with E-state index < -0.39 is 5.97 Å². The molecule has 0 aliphatic carbocycles. The van der Waals surface area contributed by atoms with Crippen molar-refractivity contribution in [3.8, 4) is 5.75 Å². The van der Waals surface area contributed by atoms with Crippen molar-refractivity contribution in [2.75, 3.05) is 0 Å². The Morgan fingerprint density at radius 2 is 1.85 bits per heavy atom. The molecule has 4 heteroatoms. The molecule has 0 fully saturated rings. The minimum Gasteiger partial charge on any atom is -0.542 e. The van der Waals surface area contributed by atoms with Crippen molar-refractivity contribution in [2.24, 2.45) is 0 Å². The van der Waals surface area contributed by atoms with Crippen molar-refractivity contribution in [3.63, 3.8) is 0 Å². The Hall–Kier alpha value is -0.770. The predicted octanol–water partition coefficient (Wildman–Crippen LogP) is -2.67. The first-order chi connectivity index (χ1) is 5.70. The fraction of sp³-hybridized carbons (Fsp3) is 0. The molecule has 0 unspecified atom stereocenters. The zero-order valence-corrected chi connectivity index (χ0v) is 9.32. The van der Waals surface area contributed by atoms with E-state index in [-0.39, 0.29) is 35.3 Å².